The van der Waals surface area contributed by atoms with E-state index in [0.717, 1.165) is 0 Å². The van der Waals surface area contributed by atoms with Crippen LogP contribution in [0, 0.1) is 0 Å². The van der Waals surface area contributed by atoms with Crippen LogP contribution in [0.2, 0.25) is 0 Å². The number of carbonyl (C=O) groups is 2. The Bertz CT molecular complexity index is 1070. The van der Waals surface area contributed by atoms with E-state index in [1.165, 1.54) is 31.8 Å². The number of thiophene rings is 1. The molecule has 1 heterocycles. The third kappa shape index (κ3) is 6.06. The van der Waals surface area contributed by atoms with Crippen LogP contribution >= 0.6 is 11.3 Å². The Morgan fingerprint density at radius 3 is 2.55 bits per heavy atom. The average molecular weight is 439 g/mol. The fraction of sp³-hybridized carbons (Fsp3) is 0.136. The molecule has 0 saturated carbocycles. The van der Waals surface area contributed by atoms with E-state index in [9.17, 15) is 9.59 Å². The largest absolute Gasteiger partial charge is 0.495 e. The Labute approximate surface area is 183 Å². The number of para-hydroxylation sites is 2. The maximum Gasteiger partial charge on any atom is 0.281 e. The summed E-state index contributed by atoms with van der Waals surface area (Å²) in [5.41, 5.74) is 3.71. The number of benzene rings is 2. The molecule has 8 nitrogen and oxygen atoms in total. The summed E-state index contributed by atoms with van der Waals surface area (Å²) in [7, 11) is 3.03. The van der Waals surface area contributed by atoms with Gasteiger partial charge in [-0.25, -0.2) is 5.43 Å². The van der Waals surface area contributed by atoms with Crippen LogP contribution in [0.4, 0.5) is 5.69 Å². The molecule has 0 fully saturated rings. The Morgan fingerprint density at radius 2 is 1.81 bits per heavy atom. The highest BCUT2D eigenvalue weighted by Crippen LogP contribution is 2.28. The number of methoxy groups -OCH3 is 2. The molecule has 2 N–H and O–H groups in total. The van der Waals surface area contributed by atoms with Gasteiger partial charge in [0.2, 0.25) is 0 Å². The summed E-state index contributed by atoms with van der Waals surface area (Å²) in [6.07, 6.45) is 1.49. The third-order valence-corrected chi connectivity index (χ3v) is 4.92. The predicted molar refractivity (Wildman–Crippen MR) is 119 cm³/mol. The lowest BCUT2D eigenvalue weighted by molar-refractivity contribution is -0.118. The zero-order valence-corrected chi connectivity index (χ0v) is 17.8. The molecular formula is C22H21N3O5S. The fourth-order valence-electron chi connectivity index (χ4n) is 2.59. The van der Waals surface area contributed by atoms with E-state index in [4.69, 9.17) is 14.2 Å². The first-order chi connectivity index (χ1) is 15.1. The summed E-state index contributed by atoms with van der Waals surface area (Å²) in [6, 6.07) is 15.7. The molecule has 9 heteroatoms. The maximum absolute atomic E-state index is 12.2. The maximum atomic E-state index is 12.2. The molecule has 0 saturated heterocycles. The van der Waals surface area contributed by atoms with E-state index < -0.39 is 0 Å². The van der Waals surface area contributed by atoms with Gasteiger partial charge in [-0.3, -0.25) is 9.59 Å². The van der Waals surface area contributed by atoms with Crippen LogP contribution in [-0.4, -0.2) is 38.9 Å². The van der Waals surface area contributed by atoms with Crippen LogP contribution in [0.15, 0.2) is 65.1 Å². The zero-order valence-electron chi connectivity index (χ0n) is 17.0. The number of carbonyl (C=O) groups excluding carboxylic acids is 2. The molecule has 0 aliphatic heterocycles. The smallest absolute Gasteiger partial charge is 0.281 e. The first kappa shape index (κ1) is 21.8. The van der Waals surface area contributed by atoms with Crippen LogP contribution in [-0.2, 0) is 4.79 Å². The van der Waals surface area contributed by atoms with Crippen molar-refractivity contribution in [3.63, 3.8) is 0 Å². The van der Waals surface area contributed by atoms with Gasteiger partial charge in [-0.15, -0.1) is 11.3 Å². The van der Waals surface area contributed by atoms with E-state index >= 15 is 0 Å². The van der Waals surface area contributed by atoms with Gasteiger partial charge in [0, 0.05) is 0 Å². The van der Waals surface area contributed by atoms with Crippen LogP contribution in [0.1, 0.15) is 15.2 Å². The molecule has 3 rings (SSSR count). The topological polar surface area (TPSA) is 98.3 Å². The zero-order chi connectivity index (χ0) is 22.1. The Morgan fingerprint density at radius 1 is 1.00 bits per heavy atom. The minimum atomic E-state index is -0.339. The van der Waals surface area contributed by atoms with Gasteiger partial charge in [0.15, 0.2) is 18.1 Å². The van der Waals surface area contributed by atoms with Gasteiger partial charge in [0.25, 0.3) is 11.8 Å². The molecule has 0 aliphatic carbocycles. The van der Waals surface area contributed by atoms with Crippen molar-refractivity contribution in [2.75, 3.05) is 26.1 Å². The SMILES string of the molecule is COc1ccccc1NC(=O)COc1ccc(/C=N/NC(=O)c2cccs2)cc1OC. The van der Waals surface area contributed by atoms with Crippen molar-refractivity contribution in [1.29, 1.82) is 0 Å². The summed E-state index contributed by atoms with van der Waals surface area (Å²) in [5.74, 6) is 0.770. The van der Waals surface area contributed by atoms with E-state index in [1.54, 1.807) is 48.5 Å². The number of hydrogen-bond donors (Lipinski definition) is 2. The van der Waals surface area contributed by atoms with Gasteiger partial charge in [0.1, 0.15) is 5.75 Å². The number of nitrogens with zero attached hydrogens (tertiary/aromatic N) is 1. The highest BCUT2D eigenvalue weighted by atomic mass is 32.1. The predicted octanol–water partition coefficient (Wildman–Crippen LogP) is 3.55. The second-order valence-electron chi connectivity index (χ2n) is 6.12. The fourth-order valence-corrected chi connectivity index (χ4v) is 3.20. The van der Waals surface area contributed by atoms with Crippen molar-refractivity contribution in [1.82, 2.24) is 5.43 Å². The molecule has 31 heavy (non-hydrogen) atoms. The Hall–Kier alpha value is -3.85. The average Bonchev–Trinajstić information content (AvgIpc) is 3.33. The van der Waals surface area contributed by atoms with E-state index in [1.807, 2.05) is 11.4 Å². The van der Waals surface area contributed by atoms with E-state index in [2.05, 4.69) is 15.8 Å². The first-order valence-electron chi connectivity index (χ1n) is 9.21. The highest BCUT2D eigenvalue weighted by molar-refractivity contribution is 7.12. The molecule has 3 aromatic rings. The second-order valence-corrected chi connectivity index (χ2v) is 7.07. The molecule has 2 aromatic carbocycles. The monoisotopic (exact) mass is 439 g/mol. The van der Waals surface area contributed by atoms with E-state index in [0.29, 0.717) is 33.4 Å². The lowest BCUT2D eigenvalue weighted by Gasteiger charge is -2.12. The number of hydrogen-bond acceptors (Lipinski definition) is 7. The number of nitrogens with one attached hydrogen (secondary N) is 2. The molecular weight excluding hydrogens is 418 g/mol. The molecule has 160 valence electrons. The van der Waals surface area contributed by atoms with Gasteiger partial charge >= 0.3 is 0 Å². The number of ether oxygens (including phenoxy) is 3. The van der Waals surface area contributed by atoms with Crippen molar-refractivity contribution < 1.29 is 23.8 Å². The molecule has 0 aliphatic rings. The number of hydrazone groups is 1. The number of rotatable bonds is 9. The van der Waals surface area contributed by atoms with Crippen LogP contribution in [0.3, 0.4) is 0 Å². The lowest BCUT2D eigenvalue weighted by atomic mass is 10.2. The molecule has 0 atom stereocenters. The quantitative estimate of drug-likeness (QED) is 0.393. The standard InChI is InChI=1S/C22H21N3O5S/c1-28-17-7-4-3-6-16(17)24-21(26)14-30-18-10-9-15(12-19(18)29-2)13-23-25-22(27)20-8-5-11-31-20/h3-13H,14H2,1-2H3,(H,24,26)(H,25,27)/b23-13+. The van der Waals surface area contributed by atoms with Gasteiger partial charge in [0.05, 0.1) is 31.0 Å². The highest BCUT2D eigenvalue weighted by Gasteiger charge is 2.11. The normalized spacial score (nSPS) is 10.5. The van der Waals surface area contributed by atoms with E-state index in [-0.39, 0.29) is 18.4 Å². The molecule has 1 aromatic heterocycles. The molecule has 0 bridgehead atoms. The van der Waals surface area contributed by atoms with Gasteiger partial charge in [-0.2, -0.15) is 5.10 Å². The van der Waals surface area contributed by atoms with Crippen LogP contribution in [0.5, 0.6) is 17.2 Å². The molecule has 0 radical (unpaired) electrons. The summed E-state index contributed by atoms with van der Waals surface area (Å²) in [6.45, 7) is -0.210. The van der Waals surface area contributed by atoms with Crippen molar-refractivity contribution in [2.45, 2.75) is 0 Å². The molecule has 0 unspecified atom stereocenters. The number of anilines is 1. The van der Waals surface area contributed by atoms with Crippen molar-refractivity contribution in [2.24, 2.45) is 5.10 Å². The second kappa shape index (κ2) is 10.8. The van der Waals surface area contributed by atoms with Crippen molar-refractivity contribution >= 4 is 35.1 Å². The molecule has 2 amide bonds. The summed E-state index contributed by atoms with van der Waals surface area (Å²) in [4.78, 5) is 24.7. The third-order valence-electron chi connectivity index (χ3n) is 4.05. The Kier molecular flexibility index (Phi) is 7.61. The summed E-state index contributed by atoms with van der Waals surface area (Å²) >= 11 is 1.33. The summed E-state index contributed by atoms with van der Waals surface area (Å²) in [5, 5.41) is 8.51. The van der Waals surface area contributed by atoms with Gasteiger partial charge < -0.3 is 19.5 Å². The minimum absolute atomic E-state index is 0.210. The van der Waals surface area contributed by atoms with Crippen molar-refractivity contribution in [3.8, 4) is 17.2 Å². The lowest BCUT2D eigenvalue weighted by Crippen LogP contribution is -2.20. The Balaban J connectivity index is 1.57. The van der Waals surface area contributed by atoms with Gasteiger partial charge in [-0.05, 0) is 47.3 Å². The van der Waals surface area contributed by atoms with Gasteiger partial charge in [-0.1, -0.05) is 18.2 Å². The summed E-state index contributed by atoms with van der Waals surface area (Å²) < 4.78 is 16.1. The number of amides is 2. The minimum Gasteiger partial charge on any atom is -0.495 e. The van der Waals surface area contributed by atoms with Crippen LogP contribution < -0.4 is 25.0 Å². The first-order valence-corrected chi connectivity index (χ1v) is 10.1. The van der Waals surface area contributed by atoms with Crippen molar-refractivity contribution in [3.05, 3.63) is 70.4 Å². The molecule has 0 spiro atoms. The van der Waals surface area contributed by atoms with Crippen LogP contribution in [0.25, 0.3) is 0 Å².